The van der Waals surface area contributed by atoms with Crippen LogP contribution in [0.2, 0.25) is 0 Å². The third-order valence-corrected chi connectivity index (χ3v) is 4.17. The molecular weight excluding hydrogens is 515 g/mol. The topological polar surface area (TPSA) is 26.3 Å². The molecule has 0 bridgehead atoms. The number of hydrogen-bond donors (Lipinski definition) is 0. The number of benzene rings is 2. The fourth-order valence-corrected chi connectivity index (χ4v) is 2.43. The molecule has 0 saturated carbocycles. The van der Waals surface area contributed by atoms with Gasteiger partial charge in [-0.25, -0.2) is 8.63 Å². The average Bonchev–Trinajstić information content (AvgIpc) is 2.47. The molecule has 0 aliphatic rings. The summed E-state index contributed by atoms with van der Waals surface area (Å²) in [4.78, 5) is 12.2. The highest BCUT2D eigenvalue weighted by Crippen LogP contribution is 2.20. The molecule has 112 valence electrons. The van der Waals surface area contributed by atoms with E-state index in [1.54, 1.807) is 48.5 Å². The van der Waals surface area contributed by atoms with E-state index in [-0.39, 0.29) is 11.5 Å². The van der Waals surface area contributed by atoms with Gasteiger partial charge in [-0.2, -0.15) is 0 Å². The maximum absolute atomic E-state index is 12.6. The highest BCUT2D eigenvalue weighted by molar-refractivity contribution is 14.1. The van der Waals surface area contributed by atoms with Crippen LogP contribution in [0.15, 0.2) is 54.6 Å². The highest BCUT2D eigenvalue weighted by Gasteiger charge is 2.21. The van der Waals surface area contributed by atoms with Crippen LogP contribution in [-0.2, 0) is 4.65 Å². The molecule has 2 aromatic rings. The van der Waals surface area contributed by atoms with Gasteiger partial charge in [-0.3, -0.25) is 4.79 Å². The smallest absolute Gasteiger partial charge is 0.505 e. The van der Waals surface area contributed by atoms with Crippen molar-refractivity contribution >= 4 is 64.2 Å². The van der Waals surface area contributed by atoms with Crippen LogP contribution in [0.3, 0.4) is 0 Å². The van der Waals surface area contributed by atoms with Gasteiger partial charge in [0.2, 0.25) is 0 Å². The van der Waals surface area contributed by atoms with Crippen molar-refractivity contribution in [3.05, 3.63) is 72.9 Å². The Balaban J connectivity index is 2.33. The Morgan fingerprint density at radius 3 is 1.82 bits per heavy atom. The van der Waals surface area contributed by atoms with Crippen molar-refractivity contribution in [3.8, 4) is 0 Å². The van der Waals surface area contributed by atoms with Crippen LogP contribution in [0, 0.1) is 7.14 Å². The summed E-state index contributed by atoms with van der Waals surface area (Å²) in [5.74, 6) is -0.527. The number of carbonyl (C=O) groups excluding carboxylic acids is 1. The fraction of sp³-hybridized carbons (Fsp3) is 0. The summed E-state index contributed by atoms with van der Waals surface area (Å²) < 4.78 is 31.6. The molecule has 2 aromatic carbocycles. The van der Waals surface area contributed by atoms with E-state index in [0.717, 1.165) is 13.2 Å². The molecule has 0 saturated heterocycles. The van der Waals surface area contributed by atoms with Gasteiger partial charge < -0.3 is 4.65 Å². The number of hydrogen-bond acceptors (Lipinski definition) is 2. The minimum absolute atomic E-state index is 0.144. The second-order valence-corrected chi connectivity index (χ2v) is 6.76. The van der Waals surface area contributed by atoms with E-state index in [2.05, 4.69) is 49.8 Å². The third-order valence-electron chi connectivity index (χ3n) is 2.74. The number of rotatable bonds is 5. The van der Waals surface area contributed by atoms with Crippen molar-refractivity contribution in [2.75, 3.05) is 0 Å². The van der Waals surface area contributed by atoms with Gasteiger partial charge in [-0.05, 0) is 69.4 Å². The largest absolute Gasteiger partial charge is 0.796 e. The number of carbonyl (C=O) groups is 1. The molecule has 0 aliphatic carbocycles. The molecule has 0 aromatic heterocycles. The van der Waals surface area contributed by atoms with Crippen LogP contribution in [-0.4, -0.2) is 13.3 Å². The molecule has 0 N–H and O–H groups in total. The van der Waals surface area contributed by atoms with Gasteiger partial charge >= 0.3 is 7.47 Å². The summed E-state index contributed by atoms with van der Waals surface area (Å²) in [5, 5.41) is 0. The summed E-state index contributed by atoms with van der Waals surface area (Å²) >= 11 is 4.23. The van der Waals surface area contributed by atoms with Crippen LogP contribution in [0.25, 0.3) is 5.76 Å². The molecular formula is C15H9BF2I2O2. The standard InChI is InChI=1S/C15H9BF2I2O2/c17-16(18)22-15(11-3-7-13(20)8-4-11)9-14(21)10-1-5-12(19)6-2-10/h1-9H/b15-9-. The first-order valence-electron chi connectivity index (χ1n) is 6.18. The van der Waals surface area contributed by atoms with E-state index < -0.39 is 7.47 Å². The Hall–Kier alpha value is -0.965. The molecule has 0 unspecified atom stereocenters. The van der Waals surface area contributed by atoms with Crippen molar-refractivity contribution in [1.82, 2.24) is 0 Å². The number of ketones is 1. The zero-order chi connectivity index (χ0) is 16.1. The van der Waals surface area contributed by atoms with E-state index in [1.807, 2.05) is 0 Å². The molecule has 2 nitrogen and oxygen atoms in total. The zero-order valence-electron chi connectivity index (χ0n) is 11.1. The maximum Gasteiger partial charge on any atom is 0.796 e. The molecule has 0 aliphatic heterocycles. The van der Waals surface area contributed by atoms with Gasteiger partial charge in [0, 0.05) is 24.3 Å². The Kier molecular flexibility index (Phi) is 6.36. The van der Waals surface area contributed by atoms with Crippen molar-refractivity contribution in [1.29, 1.82) is 0 Å². The minimum Gasteiger partial charge on any atom is -0.505 e. The van der Waals surface area contributed by atoms with Crippen molar-refractivity contribution in [2.45, 2.75) is 0 Å². The predicted octanol–water partition coefficient (Wildman–Crippen LogP) is 5.06. The van der Waals surface area contributed by atoms with Crippen LogP contribution < -0.4 is 0 Å². The molecule has 22 heavy (non-hydrogen) atoms. The Bertz CT molecular complexity index is 686. The van der Waals surface area contributed by atoms with E-state index in [9.17, 15) is 13.4 Å². The first kappa shape index (κ1) is 17.4. The van der Waals surface area contributed by atoms with Crippen LogP contribution in [0.1, 0.15) is 15.9 Å². The molecule has 0 fully saturated rings. The van der Waals surface area contributed by atoms with Gasteiger partial charge in [-0.1, -0.05) is 24.3 Å². The second-order valence-electron chi connectivity index (χ2n) is 4.27. The second kappa shape index (κ2) is 8.05. The van der Waals surface area contributed by atoms with Gasteiger partial charge in [-0.15, -0.1) is 0 Å². The van der Waals surface area contributed by atoms with E-state index in [0.29, 0.717) is 11.1 Å². The summed E-state index contributed by atoms with van der Waals surface area (Å²) in [7, 11) is -2.99. The lowest BCUT2D eigenvalue weighted by Gasteiger charge is -2.09. The van der Waals surface area contributed by atoms with Crippen molar-refractivity contribution < 1.29 is 18.1 Å². The first-order chi connectivity index (χ1) is 10.5. The molecule has 0 atom stereocenters. The summed E-state index contributed by atoms with van der Waals surface area (Å²) in [6, 6.07) is 13.6. The first-order valence-corrected chi connectivity index (χ1v) is 8.34. The third kappa shape index (κ3) is 5.04. The molecule has 2 rings (SSSR count). The average molecular weight is 524 g/mol. The van der Waals surface area contributed by atoms with Gasteiger partial charge in [0.25, 0.3) is 0 Å². The van der Waals surface area contributed by atoms with E-state index in [1.165, 1.54) is 0 Å². The molecule has 0 radical (unpaired) electrons. The normalized spacial score (nSPS) is 11.2. The number of allylic oxidation sites excluding steroid dienone is 1. The Labute approximate surface area is 154 Å². The summed E-state index contributed by atoms with van der Waals surface area (Å²) in [6.45, 7) is 0. The molecule has 0 spiro atoms. The highest BCUT2D eigenvalue weighted by atomic mass is 127. The molecule has 0 amide bonds. The van der Waals surface area contributed by atoms with E-state index >= 15 is 0 Å². The van der Waals surface area contributed by atoms with Crippen LogP contribution >= 0.6 is 45.2 Å². The molecule has 7 heteroatoms. The lowest BCUT2D eigenvalue weighted by molar-refractivity contribution is 0.104. The van der Waals surface area contributed by atoms with Crippen molar-refractivity contribution in [3.63, 3.8) is 0 Å². The fourth-order valence-electron chi connectivity index (χ4n) is 1.71. The van der Waals surface area contributed by atoms with Gasteiger partial charge in [0.1, 0.15) is 5.76 Å². The summed E-state index contributed by atoms with van der Waals surface area (Å²) in [6.07, 6.45) is 1.09. The molecule has 0 heterocycles. The minimum atomic E-state index is -2.99. The number of halogens is 4. The quantitative estimate of drug-likeness (QED) is 0.180. The van der Waals surface area contributed by atoms with Crippen molar-refractivity contribution in [2.24, 2.45) is 0 Å². The lowest BCUT2D eigenvalue weighted by Crippen LogP contribution is -2.06. The maximum atomic E-state index is 12.6. The Morgan fingerprint density at radius 2 is 1.36 bits per heavy atom. The SMILES string of the molecule is O=C(/C=C(\OB(F)F)c1ccc(I)cc1)c1ccc(I)cc1. The zero-order valence-corrected chi connectivity index (χ0v) is 15.4. The predicted molar refractivity (Wildman–Crippen MR) is 99.7 cm³/mol. The summed E-state index contributed by atoms with van der Waals surface area (Å²) in [5.41, 5.74) is 0.848. The van der Waals surface area contributed by atoms with E-state index in [4.69, 9.17) is 0 Å². The van der Waals surface area contributed by atoms with Crippen LogP contribution in [0.4, 0.5) is 8.63 Å². The van der Waals surface area contributed by atoms with Crippen LogP contribution in [0.5, 0.6) is 0 Å². The monoisotopic (exact) mass is 524 g/mol. The Morgan fingerprint density at radius 1 is 0.909 bits per heavy atom. The lowest BCUT2D eigenvalue weighted by atomic mass is 10.1. The van der Waals surface area contributed by atoms with Gasteiger partial charge in [0.05, 0.1) is 0 Å². The van der Waals surface area contributed by atoms with Gasteiger partial charge in [0.15, 0.2) is 5.78 Å².